The van der Waals surface area contributed by atoms with Gasteiger partial charge in [-0.3, -0.25) is 4.79 Å². The lowest BCUT2D eigenvalue weighted by Crippen LogP contribution is -2.37. The zero-order chi connectivity index (χ0) is 17.4. The number of carbonyl (C=O) groups is 1. The molecule has 0 amide bonds. The highest BCUT2D eigenvalue weighted by Gasteiger charge is 2.57. The molecule has 0 N–H and O–H groups in total. The molecule has 10 heteroatoms. The summed E-state index contributed by atoms with van der Waals surface area (Å²) in [5.74, 6) is -0.874. The van der Waals surface area contributed by atoms with Crippen LogP contribution in [-0.4, -0.2) is 63.5 Å². The summed E-state index contributed by atoms with van der Waals surface area (Å²) >= 11 is 6.02. The molecule has 8 nitrogen and oxygen atoms in total. The Labute approximate surface area is 145 Å². The van der Waals surface area contributed by atoms with Crippen LogP contribution in [0.1, 0.15) is 18.5 Å². The molecule has 1 aliphatic heterocycles. The topological polar surface area (TPSA) is 98.7 Å². The second kappa shape index (κ2) is 6.45. The fourth-order valence-corrected chi connectivity index (χ4v) is 4.82. The van der Waals surface area contributed by atoms with Crippen molar-refractivity contribution in [1.82, 2.24) is 9.97 Å². The molecule has 1 saturated carbocycles. The van der Waals surface area contributed by atoms with Gasteiger partial charge in [-0.05, 0) is 24.4 Å². The Kier molecular flexibility index (Phi) is 4.67. The molecule has 24 heavy (non-hydrogen) atoms. The zero-order valence-corrected chi connectivity index (χ0v) is 14.8. The van der Waals surface area contributed by atoms with E-state index in [1.54, 1.807) is 6.07 Å². The molecule has 1 saturated heterocycles. The van der Waals surface area contributed by atoms with E-state index in [0.717, 1.165) is 7.11 Å². The van der Waals surface area contributed by atoms with Crippen molar-refractivity contribution in [1.29, 1.82) is 0 Å². The minimum atomic E-state index is -3.74. The third-order valence-corrected chi connectivity index (χ3v) is 6.92. The minimum Gasteiger partial charge on any atom is -0.468 e. The molecule has 1 aromatic rings. The number of methoxy groups -OCH3 is 1. The van der Waals surface area contributed by atoms with Crippen molar-refractivity contribution in [3.63, 3.8) is 0 Å². The van der Waals surface area contributed by atoms with E-state index in [2.05, 4.69) is 14.7 Å². The van der Waals surface area contributed by atoms with E-state index in [-0.39, 0.29) is 5.28 Å². The number of esters is 1. The molecular formula is C14H18ClN3O5S. The van der Waals surface area contributed by atoms with Gasteiger partial charge in [0, 0.05) is 19.2 Å². The van der Waals surface area contributed by atoms with Crippen LogP contribution in [0.15, 0.2) is 6.07 Å². The van der Waals surface area contributed by atoms with Gasteiger partial charge < -0.3 is 14.4 Å². The Morgan fingerprint density at radius 1 is 1.38 bits per heavy atom. The molecule has 0 bridgehead atoms. The Morgan fingerprint density at radius 2 is 2.04 bits per heavy atom. The number of rotatable bonds is 5. The molecule has 0 atom stereocenters. The molecular weight excluding hydrogens is 358 g/mol. The largest absolute Gasteiger partial charge is 0.468 e. The highest BCUT2D eigenvalue weighted by Crippen LogP contribution is 2.53. The third kappa shape index (κ3) is 3.20. The van der Waals surface area contributed by atoms with Gasteiger partial charge in [-0.15, -0.1) is 0 Å². The van der Waals surface area contributed by atoms with E-state index in [1.165, 1.54) is 0 Å². The molecule has 2 fully saturated rings. The van der Waals surface area contributed by atoms with Crippen LogP contribution >= 0.6 is 11.6 Å². The highest BCUT2D eigenvalue weighted by atomic mass is 35.5. The van der Waals surface area contributed by atoms with Crippen molar-refractivity contribution in [3.8, 4) is 0 Å². The Bertz CT molecular complexity index is 745. The smallest absolute Gasteiger partial charge is 0.320 e. The number of morpholine rings is 1. The van der Waals surface area contributed by atoms with Crippen LogP contribution < -0.4 is 4.90 Å². The number of carbonyl (C=O) groups excluding carboxylic acids is 1. The summed E-state index contributed by atoms with van der Waals surface area (Å²) in [6.45, 7) is 2.44. The number of anilines is 1. The van der Waals surface area contributed by atoms with Crippen LogP contribution in [0.4, 0.5) is 5.82 Å². The molecule has 1 aromatic heterocycles. The van der Waals surface area contributed by atoms with Gasteiger partial charge in [-0.1, -0.05) is 0 Å². The molecule has 0 unspecified atom stereocenters. The van der Waals surface area contributed by atoms with Gasteiger partial charge in [0.25, 0.3) is 0 Å². The van der Waals surface area contributed by atoms with Crippen molar-refractivity contribution in [2.75, 3.05) is 44.1 Å². The predicted octanol–water partition coefficient (Wildman–Crippen LogP) is 0.543. The first kappa shape index (κ1) is 17.4. The van der Waals surface area contributed by atoms with Crippen LogP contribution in [0, 0.1) is 0 Å². The maximum absolute atomic E-state index is 12.6. The Hall–Kier alpha value is -1.45. The molecule has 0 spiro atoms. The van der Waals surface area contributed by atoms with Gasteiger partial charge in [0.05, 0.1) is 26.0 Å². The van der Waals surface area contributed by atoms with Gasteiger partial charge in [-0.25, -0.2) is 18.4 Å². The first-order chi connectivity index (χ1) is 11.4. The zero-order valence-electron chi connectivity index (χ0n) is 13.2. The van der Waals surface area contributed by atoms with Crippen LogP contribution in [0.5, 0.6) is 0 Å². The van der Waals surface area contributed by atoms with Crippen molar-refractivity contribution in [2.45, 2.75) is 17.6 Å². The van der Waals surface area contributed by atoms with Gasteiger partial charge in [-0.2, -0.15) is 0 Å². The fourth-order valence-electron chi connectivity index (χ4n) is 2.79. The molecule has 2 heterocycles. The lowest BCUT2D eigenvalue weighted by atomic mass is 10.2. The molecule has 1 aliphatic carbocycles. The Balaban J connectivity index is 1.94. The molecule has 0 radical (unpaired) electrons. The summed E-state index contributed by atoms with van der Waals surface area (Å²) in [5.41, 5.74) is 0.341. The number of aromatic nitrogens is 2. The molecule has 3 rings (SSSR count). The van der Waals surface area contributed by atoms with E-state index in [1.807, 2.05) is 4.90 Å². The monoisotopic (exact) mass is 375 g/mol. The number of ether oxygens (including phenoxy) is 2. The first-order valence-corrected chi connectivity index (χ1v) is 9.58. The average molecular weight is 376 g/mol. The van der Waals surface area contributed by atoms with Crippen molar-refractivity contribution >= 4 is 33.2 Å². The van der Waals surface area contributed by atoms with E-state index in [9.17, 15) is 13.2 Å². The Morgan fingerprint density at radius 3 is 2.62 bits per heavy atom. The molecule has 0 aromatic carbocycles. The van der Waals surface area contributed by atoms with Gasteiger partial charge in [0.15, 0.2) is 9.84 Å². The molecule has 132 valence electrons. The summed E-state index contributed by atoms with van der Waals surface area (Å²) in [5, 5.41) is -0.00599. The summed E-state index contributed by atoms with van der Waals surface area (Å²) in [4.78, 5) is 21.7. The van der Waals surface area contributed by atoms with E-state index in [4.69, 9.17) is 16.3 Å². The maximum Gasteiger partial charge on any atom is 0.320 e. The van der Waals surface area contributed by atoms with Crippen molar-refractivity contribution in [3.05, 3.63) is 17.0 Å². The van der Waals surface area contributed by atoms with Crippen molar-refractivity contribution < 1.29 is 22.7 Å². The highest BCUT2D eigenvalue weighted by molar-refractivity contribution is 7.93. The molecule has 2 aliphatic rings. The second-order valence-corrected chi connectivity index (χ2v) is 8.45. The summed E-state index contributed by atoms with van der Waals surface area (Å²) in [6, 6.07) is 1.65. The number of nitrogens with zero attached hydrogens (tertiary/aromatic N) is 3. The predicted molar refractivity (Wildman–Crippen MR) is 86.8 cm³/mol. The first-order valence-electron chi connectivity index (χ1n) is 7.55. The van der Waals surface area contributed by atoms with Gasteiger partial charge >= 0.3 is 5.97 Å². The van der Waals surface area contributed by atoms with Crippen molar-refractivity contribution in [2.24, 2.45) is 0 Å². The lowest BCUT2D eigenvalue weighted by Gasteiger charge is -2.28. The van der Waals surface area contributed by atoms with E-state index >= 15 is 0 Å². The lowest BCUT2D eigenvalue weighted by molar-refractivity contribution is -0.137. The number of sulfone groups is 1. The maximum atomic E-state index is 12.6. The van der Waals surface area contributed by atoms with Crippen LogP contribution in [0.3, 0.4) is 0 Å². The second-order valence-electron chi connectivity index (χ2n) is 5.81. The number of halogens is 1. The van der Waals surface area contributed by atoms with Crippen LogP contribution in [0.25, 0.3) is 0 Å². The van der Waals surface area contributed by atoms with E-state index < -0.39 is 26.3 Å². The van der Waals surface area contributed by atoms with Gasteiger partial charge in [0.1, 0.15) is 16.3 Å². The van der Waals surface area contributed by atoms with Crippen LogP contribution in [-0.2, 0) is 28.9 Å². The minimum absolute atomic E-state index is 0.00599. The number of hydrogen-bond donors (Lipinski definition) is 0. The fraction of sp³-hybridized carbons (Fsp3) is 0.643. The average Bonchev–Trinajstić information content (AvgIpc) is 3.37. The quantitative estimate of drug-likeness (QED) is 0.543. The summed E-state index contributed by atoms with van der Waals surface area (Å²) < 4.78 is 33.9. The SMILES string of the molecule is COC(=O)CS(=O)(=O)C1(c2cc(N3CCOCC3)nc(Cl)n2)CC1. The number of hydrogen-bond acceptors (Lipinski definition) is 8. The van der Waals surface area contributed by atoms with E-state index in [0.29, 0.717) is 50.7 Å². The summed E-state index contributed by atoms with van der Waals surface area (Å²) in [6.07, 6.45) is 0.810. The standard InChI is InChI=1S/C14H18ClN3O5S/c1-22-12(19)9-24(20,21)14(2-3-14)10-8-11(17-13(15)16-10)18-4-6-23-7-5-18/h8H,2-7,9H2,1H3. The van der Waals surface area contributed by atoms with Crippen LogP contribution in [0.2, 0.25) is 5.28 Å². The van der Waals surface area contributed by atoms with Gasteiger partial charge in [0.2, 0.25) is 5.28 Å². The normalized spacial score (nSPS) is 19.8. The third-order valence-electron chi connectivity index (χ3n) is 4.32. The summed E-state index contributed by atoms with van der Waals surface area (Å²) in [7, 11) is -2.58.